The van der Waals surface area contributed by atoms with Crippen molar-refractivity contribution in [1.82, 2.24) is 14.5 Å². The highest BCUT2D eigenvalue weighted by atomic mass is 32.2. The van der Waals surface area contributed by atoms with E-state index in [0.717, 1.165) is 37.4 Å². The van der Waals surface area contributed by atoms with Gasteiger partial charge in [-0.25, -0.2) is 8.42 Å². The molecule has 2 fully saturated rings. The fourth-order valence-corrected chi connectivity index (χ4v) is 5.47. The van der Waals surface area contributed by atoms with E-state index in [-0.39, 0.29) is 22.3 Å². The molecule has 2 aliphatic rings. The van der Waals surface area contributed by atoms with E-state index in [1.165, 1.54) is 10.4 Å². The maximum absolute atomic E-state index is 13.0. The van der Waals surface area contributed by atoms with Gasteiger partial charge in [-0.1, -0.05) is 11.8 Å². The van der Waals surface area contributed by atoms with Gasteiger partial charge < -0.3 is 14.5 Å². The number of amides is 1. The second kappa shape index (κ2) is 8.94. The Kier molecular flexibility index (Phi) is 6.30. The SMILES string of the molecule is CCOc1ccc(NC(=O)CSc2nnc(C3CC3)o2)cc1S(=O)(=O)N1CCCC1. The number of sulfonamides is 1. The lowest BCUT2D eigenvalue weighted by molar-refractivity contribution is -0.113. The number of carbonyl (C=O) groups is 1. The Labute approximate surface area is 179 Å². The van der Waals surface area contributed by atoms with Crippen LogP contribution in [0.15, 0.2) is 32.7 Å². The Morgan fingerprint density at radius 1 is 1.30 bits per heavy atom. The topological polar surface area (TPSA) is 115 Å². The van der Waals surface area contributed by atoms with E-state index in [4.69, 9.17) is 9.15 Å². The van der Waals surface area contributed by atoms with Crippen molar-refractivity contribution in [3.63, 3.8) is 0 Å². The van der Waals surface area contributed by atoms with Crippen LogP contribution in [0.25, 0.3) is 0 Å². The van der Waals surface area contributed by atoms with Crippen LogP contribution in [0.4, 0.5) is 5.69 Å². The van der Waals surface area contributed by atoms with E-state index in [2.05, 4.69) is 15.5 Å². The molecule has 0 radical (unpaired) electrons. The van der Waals surface area contributed by atoms with Crippen molar-refractivity contribution in [3.05, 3.63) is 24.1 Å². The maximum Gasteiger partial charge on any atom is 0.277 e. The van der Waals surface area contributed by atoms with Crippen molar-refractivity contribution in [2.75, 3.05) is 30.8 Å². The van der Waals surface area contributed by atoms with Crippen molar-refractivity contribution in [2.45, 2.75) is 48.6 Å². The molecule has 1 saturated heterocycles. The fourth-order valence-electron chi connectivity index (χ4n) is 3.23. The molecule has 0 atom stereocenters. The number of carbonyl (C=O) groups excluding carboxylic acids is 1. The van der Waals surface area contributed by atoms with Crippen LogP contribution >= 0.6 is 11.8 Å². The van der Waals surface area contributed by atoms with Gasteiger partial charge in [-0.2, -0.15) is 4.31 Å². The zero-order chi connectivity index (χ0) is 21.1. The Morgan fingerprint density at radius 2 is 2.07 bits per heavy atom. The Bertz CT molecular complexity index is 1010. The largest absolute Gasteiger partial charge is 0.492 e. The van der Waals surface area contributed by atoms with Gasteiger partial charge >= 0.3 is 0 Å². The van der Waals surface area contributed by atoms with Gasteiger partial charge in [0.1, 0.15) is 10.6 Å². The van der Waals surface area contributed by atoms with Crippen LogP contribution in [0.5, 0.6) is 5.75 Å². The lowest BCUT2D eigenvalue weighted by atomic mass is 10.3. The van der Waals surface area contributed by atoms with Gasteiger partial charge in [-0.15, -0.1) is 10.2 Å². The monoisotopic (exact) mass is 452 g/mol. The van der Waals surface area contributed by atoms with E-state index >= 15 is 0 Å². The number of thioether (sulfide) groups is 1. The van der Waals surface area contributed by atoms with E-state index in [1.807, 2.05) is 0 Å². The van der Waals surface area contributed by atoms with Crippen LogP contribution in [0.3, 0.4) is 0 Å². The number of nitrogens with one attached hydrogen (secondary N) is 1. The first-order valence-corrected chi connectivity index (χ1v) is 12.4. The average Bonchev–Trinajstić information content (AvgIpc) is 3.22. The predicted molar refractivity (Wildman–Crippen MR) is 111 cm³/mol. The third-order valence-electron chi connectivity index (χ3n) is 4.89. The summed E-state index contributed by atoms with van der Waals surface area (Å²) < 4.78 is 38.6. The van der Waals surface area contributed by atoms with Gasteiger partial charge in [0.2, 0.25) is 21.8 Å². The van der Waals surface area contributed by atoms with Crippen LogP contribution < -0.4 is 10.1 Å². The Balaban J connectivity index is 1.44. The summed E-state index contributed by atoms with van der Waals surface area (Å²) >= 11 is 1.15. The molecule has 4 rings (SSSR count). The first-order valence-electron chi connectivity index (χ1n) is 10.0. The molecule has 1 aliphatic carbocycles. The number of aromatic nitrogens is 2. The molecule has 2 heterocycles. The van der Waals surface area contributed by atoms with E-state index in [0.29, 0.717) is 42.4 Å². The Morgan fingerprint density at radius 3 is 2.77 bits per heavy atom. The zero-order valence-corrected chi connectivity index (χ0v) is 18.3. The number of nitrogens with zero attached hydrogens (tertiary/aromatic N) is 3. The molecule has 1 amide bonds. The van der Waals surface area contributed by atoms with Gasteiger partial charge in [0, 0.05) is 24.7 Å². The molecular weight excluding hydrogens is 428 g/mol. The summed E-state index contributed by atoms with van der Waals surface area (Å²) in [6, 6.07) is 4.67. The second-order valence-corrected chi connectivity index (χ2v) is 10.1. The maximum atomic E-state index is 13.0. The quantitative estimate of drug-likeness (QED) is 0.578. The van der Waals surface area contributed by atoms with Crippen molar-refractivity contribution >= 4 is 33.4 Å². The molecule has 162 valence electrons. The van der Waals surface area contributed by atoms with Crippen molar-refractivity contribution in [3.8, 4) is 5.75 Å². The van der Waals surface area contributed by atoms with Gasteiger partial charge in [0.05, 0.1) is 12.4 Å². The molecule has 0 bridgehead atoms. The molecule has 0 unspecified atom stereocenters. The molecular formula is C19H24N4O5S2. The third kappa shape index (κ3) is 4.79. The highest BCUT2D eigenvalue weighted by Gasteiger charge is 2.31. The number of hydrogen-bond acceptors (Lipinski definition) is 8. The first-order chi connectivity index (χ1) is 14.5. The van der Waals surface area contributed by atoms with Crippen LogP contribution in [0, 0.1) is 0 Å². The van der Waals surface area contributed by atoms with Gasteiger partial charge in [0.15, 0.2) is 0 Å². The summed E-state index contributed by atoms with van der Waals surface area (Å²) in [6.45, 7) is 3.13. The smallest absolute Gasteiger partial charge is 0.277 e. The number of ether oxygens (including phenoxy) is 1. The summed E-state index contributed by atoms with van der Waals surface area (Å²) in [5, 5.41) is 11.0. The third-order valence-corrected chi connectivity index (χ3v) is 7.62. The number of hydrogen-bond donors (Lipinski definition) is 1. The normalized spacial score (nSPS) is 17.2. The minimum Gasteiger partial charge on any atom is -0.492 e. The highest BCUT2D eigenvalue weighted by Crippen LogP contribution is 2.39. The molecule has 1 saturated carbocycles. The summed E-state index contributed by atoms with van der Waals surface area (Å²) in [4.78, 5) is 12.4. The summed E-state index contributed by atoms with van der Waals surface area (Å²) in [7, 11) is -3.69. The molecule has 11 heteroatoms. The van der Waals surface area contributed by atoms with E-state index < -0.39 is 10.0 Å². The summed E-state index contributed by atoms with van der Waals surface area (Å²) in [5.74, 6) is 1.06. The summed E-state index contributed by atoms with van der Waals surface area (Å²) in [6.07, 6.45) is 3.81. The van der Waals surface area contributed by atoms with Crippen molar-refractivity contribution in [1.29, 1.82) is 0 Å². The molecule has 1 aromatic carbocycles. The fraction of sp³-hybridized carbons (Fsp3) is 0.526. The van der Waals surface area contributed by atoms with Crippen LogP contribution in [0.2, 0.25) is 0 Å². The lowest BCUT2D eigenvalue weighted by Gasteiger charge is -2.19. The Hall–Kier alpha value is -2.11. The van der Waals surface area contributed by atoms with E-state index in [1.54, 1.807) is 19.1 Å². The van der Waals surface area contributed by atoms with Crippen LogP contribution in [-0.2, 0) is 14.8 Å². The number of benzene rings is 1. The molecule has 1 aliphatic heterocycles. The standard InChI is InChI=1S/C19H24N4O5S2/c1-2-27-15-8-7-14(11-16(15)30(25,26)23-9-3-4-10-23)20-17(24)12-29-19-22-21-18(28-19)13-5-6-13/h7-8,11,13H,2-6,9-10,12H2,1H3,(H,20,24). The van der Waals surface area contributed by atoms with E-state index in [9.17, 15) is 13.2 Å². The molecule has 0 spiro atoms. The molecule has 30 heavy (non-hydrogen) atoms. The minimum atomic E-state index is -3.69. The predicted octanol–water partition coefficient (Wildman–Crippen LogP) is 2.86. The molecule has 1 N–H and O–H groups in total. The lowest BCUT2D eigenvalue weighted by Crippen LogP contribution is -2.28. The molecule has 1 aromatic heterocycles. The number of rotatable bonds is 9. The van der Waals surface area contributed by atoms with Crippen molar-refractivity contribution in [2.24, 2.45) is 0 Å². The average molecular weight is 453 g/mol. The van der Waals surface area contributed by atoms with Crippen molar-refractivity contribution < 1.29 is 22.4 Å². The molecule has 2 aromatic rings. The van der Waals surface area contributed by atoms with Crippen LogP contribution in [0.1, 0.15) is 44.4 Å². The number of anilines is 1. The van der Waals surface area contributed by atoms with Crippen LogP contribution in [-0.4, -0.2) is 54.3 Å². The second-order valence-electron chi connectivity index (χ2n) is 7.22. The highest BCUT2D eigenvalue weighted by molar-refractivity contribution is 7.99. The van der Waals surface area contributed by atoms with Gasteiger partial charge in [0.25, 0.3) is 5.22 Å². The molecule has 9 nitrogen and oxygen atoms in total. The van der Waals surface area contributed by atoms with Gasteiger partial charge in [-0.3, -0.25) is 4.79 Å². The first kappa shape index (κ1) is 21.1. The van der Waals surface area contributed by atoms with Gasteiger partial charge in [-0.05, 0) is 50.8 Å². The minimum absolute atomic E-state index is 0.0719. The zero-order valence-electron chi connectivity index (χ0n) is 16.7. The summed E-state index contributed by atoms with van der Waals surface area (Å²) in [5.41, 5.74) is 0.394.